The number of likely N-dealkylation sites (tertiary alicyclic amines) is 1. The van der Waals surface area contributed by atoms with Crippen LogP contribution in [-0.2, 0) is 4.79 Å². The first-order valence-corrected chi connectivity index (χ1v) is 12.1. The van der Waals surface area contributed by atoms with Crippen molar-refractivity contribution in [2.24, 2.45) is 0 Å². The Kier molecular flexibility index (Phi) is 6.29. The number of halogens is 3. The number of alkyl halides is 3. The molecule has 2 aliphatic rings. The van der Waals surface area contributed by atoms with Crippen molar-refractivity contribution < 1.29 is 27.2 Å². The first kappa shape index (κ1) is 23.8. The van der Waals surface area contributed by atoms with Gasteiger partial charge in [-0.25, -0.2) is 4.79 Å². The van der Waals surface area contributed by atoms with Crippen LogP contribution in [0.15, 0.2) is 22.7 Å². The van der Waals surface area contributed by atoms with Gasteiger partial charge in [-0.3, -0.25) is 0 Å². The molecule has 35 heavy (non-hydrogen) atoms. The maximum Gasteiger partial charge on any atom is 0.491 e. The van der Waals surface area contributed by atoms with Gasteiger partial charge in [0.15, 0.2) is 0 Å². The predicted molar refractivity (Wildman–Crippen MR) is 121 cm³/mol. The Morgan fingerprint density at radius 3 is 2.57 bits per heavy atom. The number of aromatic nitrogens is 4. The largest absolute Gasteiger partial charge is 0.491 e. The smallest absolute Gasteiger partial charge is 0.419 e. The molecule has 0 N–H and O–H groups in total. The molecule has 1 aliphatic carbocycles. The molecule has 0 bridgehead atoms. The predicted octanol–water partition coefficient (Wildman–Crippen LogP) is 5.12. The minimum atomic E-state index is -5.10. The van der Waals surface area contributed by atoms with Crippen molar-refractivity contribution in [3.05, 3.63) is 29.8 Å². The Bertz CT molecular complexity index is 1210. The monoisotopic (exact) mass is 491 g/mol. The minimum Gasteiger partial charge on any atom is -0.419 e. The van der Waals surface area contributed by atoms with E-state index in [0.29, 0.717) is 28.5 Å². The molecule has 3 heterocycles. The van der Waals surface area contributed by atoms with Gasteiger partial charge in [0.25, 0.3) is 5.95 Å². The van der Waals surface area contributed by atoms with Gasteiger partial charge in [-0.15, -0.1) is 0 Å². The molecule has 1 unspecified atom stereocenters. The first-order valence-electron chi connectivity index (χ1n) is 12.1. The lowest BCUT2D eigenvalue weighted by atomic mass is 9.82. The quantitative estimate of drug-likeness (QED) is 0.349. The standard InChI is InChI=1S/C24H28F3N5O3/c1-3-14(2)31-12-10-16(11-13-31)21-28-23(30-35-21)32-17-8-5-9-18(34-22(33)24(25,26)27)19(17)20(29-32)15-6-4-7-15/h5,8-9,14-16H,3-4,6-7,10-13H2,1-2H3. The average molecular weight is 492 g/mol. The third kappa shape index (κ3) is 4.53. The maximum atomic E-state index is 12.9. The summed E-state index contributed by atoms with van der Waals surface area (Å²) in [6.45, 7) is 6.33. The first-order chi connectivity index (χ1) is 16.8. The summed E-state index contributed by atoms with van der Waals surface area (Å²) in [5.74, 6) is -1.45. The Labute approximate surface area is 200 Å². The molecule has 0 spiro atoms. The number of benzene rings is 1. The summed E-state index contributed by atoms with van der Waals surface area (Å²) < 4.78 is 50.5. The average Bonchev–Trinajstić information content (AvgIpc) is 3.43. The fourth-order valence-electron chi connectivity index (χ4n) is 4.85. The number of hydrogen-bond acceptors (Lipinski definition) is 7. The second-order valence-electron chi connectivity index (χ2n) is 9.46. The number of fused-ring (bicyclic) bond motifs is 1. The van der Waals surface area contributed by atoms with Crippen molar-refractivity contribution in [1.29, 1.82) is 0 Å². The van der Waals surface area contributed by atoms with Gasteiger partial charge >= 0.3 is 12.1 Å². The van der Waals surface area contributed by atoms with Crippen molar-refractivity contribution in [2.45, 2.75) is 76.4 Å². The van der Waals surface area contributed by atoms with E-state index < -0.39 is 12.1 Å². The van der Waals surface area contributed by atoms with Crippen LogP contribution < -0.4 is 4.74 Å². The van der Waals surface area contributed by atoms with E-state index in [0.717, 1.165) is 51.6 Å². The van der Waals surface area contributed by atoms with E-state index in [9.17, 15) is 18.0 Å². The number of carbonyl (C=O) groups is 1. The van der Waals surface area contributed by atoms with Crippen LogP contribution in [0.3, 0.4) is 0 Å². The topological polar surface area (TPSA) is 86.3 Å². The molecule has 1 saturated heterocycles. The zero-order valence-corrected chi connectivity index (χ0v) is 19.7. The lowest BCUT2D eigenvalue weighted by Gasteiger charge is -2.34. The third-order valence-electron chi connectivity index (χ3n) is 7.34. The molecule has 5 rings (SSSR count). The van der Waals surface area contributed by atoms with E-state index in [2.05, 4.69) is 34.0 Å². The van der Waals surface area contributed by atoms with Crippen molar-refractivity contribution in [2.75, 3.05) is 13.1 Å². The van der Waals surface area contributed by atoms with Crippen LogP contribution in [0.5, 0.6) is 5.75 Å². The van der Waals surface area contributed by atoms with Crippen LogP contribution >= 0.6 is 0 Å². The van der Waals surface area contributed by atoms with Gasteiger partial charge in [-0.1, -0.05) is 19.4 Å². The number of piperidine rings is 1. The van der Waals surface area contributed by atoms with E-state index in [1.807, 2.05) is 0 Å². The van der Waals surface area contributed by atoms with Crippen molar-refractivity contribution >= 4 is 16.9 Å². The Balaban J connectivity index is 1.46. The fraction of sp³-hybridized carbons (Fsp3) is 0.583. The van der Waals surface area contributed by atoms with Gasteiger partial charge in [-0.2, -0.15) is 27.9 Å². The summed E-state index contributed by atoms with van der Waals surface area (Å²) in [5, 5.41) is 9.19. The van der Waals surface area contributed by atoms with Crippen LogP contribution in [0.25, 0.3) is 16.9 Å². The molecular formula is C24H28F3N5O3. The van der Waals surface area contributed by atoms with E-state index in [1.54, 1.807) is 6.07 Å². The van der Waals surface area contributed by atoms with Crippen molar-refractivity contribution in [3.63, 3.8) is 0 Å². The molecule has 1 aliphatic heterocycles. The third-order valence-corrected chi connectivity index (χ3v) is 7.34. The SMILES string of the molecule is CCC(C)N1CCC(c2nc(-n3nc(C4CCC4)c4c(OC(=O)C(F)(F)F)cccc43)no2)CC1. The second kappa shape index (κ2) is 9.25. The van der Waals surface area contributed by atoms with Crippen LogP contribution in [0.1, 0.15) is 75.8 Å². The van der Waals surface area contributed by atoms with E-state index in [4.69, 9.17) is 9.26 Å². The normalized spacial score (nSPS) is 19.1. The van der Waals surface area contributed by atoms with Crippen molar-refractivity contribution in [3.8, 4) is 11.7 Å². The highest BCUT2D eigenvalue weighted by Gasteiger charge is 2.42. The summed E-state index contributed by atoms with van der Waals surface area (Å²) in [4.78, 5) is 18.6. The summed E-state index contributed by atoms with van der Waals surface area (Å²) in [6.07, 6.45) is 0.561. The lowest BCUT2D eigenvalue weighted by molar-refractivity contribution is -0.189. The molecule has 2 fully saturated rings. The van der Waals surface area contributed by atoms with Crippen LogP contribution in [0.2, 0.25) is 0 Å². The minimum absolute atomic E-state index is 0.0701. The van der Waals surface area contributed by atoms with Gasteiger partial charge in [0.1, 0.15) is 5.75 Å². The zero-order chi connectivity index (χ0) is 24.7. The Morgan fingerprint density at radius 1 is 1.20 bits per heavy atom. The molecule has 3 aromatic rings. The van der Waals surface area contributed by atoms with Crippen LogP contribution in [0.4, 0.5) is 13.2 Å². The summed E-state index contributed by atoms with van der Waals surface area (Å²) in [5.41, 5.74) is 1.06. The Morgan fingerprint density at radius 2 is 1.94 bits per heavy atom. The summed E-state index contributed by atoms with van der Waals surface area (Å²) >= 11 is 0. The molecule has 11 heteroatoms. The molecule has 0 radical (unpaired) electrons. The molecule has 1 aromatic carbocycles. The summed E-state index contributed by atoms with van der Waals surface area (Å²) in [6, 6.07) is 5.12. The maximum absolute atomic E-state index is 12.9. The number of nitrogens with zero attached hydrogens (tertiary/aromatic N) is 5. The van der Waals surface area contributed by atoms with Crippen LogP contribution in [0, 0.1) is 0 Å². The molecule has 1 saturated carbocycles. The van der Waals surface area contributed by atoms with E-state index in [1.165, 1.54) is 16.8 Å². The van der Waals surface area contributed by atoms with Crippen molar-refractivity contribution in [1.82, 2.24) is 24.8 Å². The number of carbonyl (C=O) groups excluding carboxylic acids is 1. The van der Waals surface area contributed by atoms with Crippen LogP contribution in [-0.4, -0.2) is 56.1 Å². The van der Waals surface area contributed by atoms with Gasteiger partial charge in [-0.05, 0) is 69.4 Å². The molecule has 2 aromatic heterocycles. The molecular weight excluding hydrogens is 463 g/mol. The molecule has 0 amide bonds. The van der Waals surface area contributed by atoms with Gasteiger partial charge < -0.3 is 14.2 Å². The molecule has 1 atom stereocenters. The van der Waals surface area contributed by atoms with Gasteiger partial charge in [0.05, 0.1) is 16.6 Å². The highest BCUT2D eigenvalue weighted by atomic mass is 19.4. The number of esters is 1. The number of ether oxygens (including phenoxy) is 1. The summed E-state index contributed by atoms with van der Waals surface area (Å²) in [7, 11) is 0. The zero-order valence-electron chi connectivity index (χ0n) is 19.7. The highest BCUT2D eigenvalue weighted by Crippen LogP contribution is 2.43. The highest BCUT2D eigenvalue weighted by molar-refractivity contribution is 5.92. The second-order valence-corrected chi connectivity index (χ2v) is 9.46. The fourth-order valence-corrected chi connectivity index (χ4v) is 4.85. The van der Waals surface area contributed by atoms with E-state index >= 15 is 0 Å². The molecule has 188 valence electrons. The number of hydrogen-bond donors (Lipinski definition) is 0. The number of rotatable bonds is 6. The van der Waals surface area contributed by atoms with Gasteiger partial charge in [0, 0.05) is 17.9 Å². The van der Waals surface area contributed by atoms with Gasteiger partial charge in [0.2, 0.25) is 5.89 Å². The molecule has 8 nitrogen and oxygen atoms in total. The Hall–Kier alpha value is -2.95. The van der Waals surface area contributed by atoms with E-state index in [-0.39, 0.29) is 23.5 Å². The lowest BCUT2D eigenvalue weighted by Crippen LogP contribution is -2.39.